The zero-order valence-corrected chi connectivity index (χ0v) is 16.9. The molecule has 2 unspecified atom stereocenters. The van der Waals surface area contributed by atoms with Gasteiger partial charge >= 0.3 is 0 Å². The third kappa shape index (κ3) is 4.34. The number of benzene rings is 1. The number of carbonyl (C=O) groups excluding carboxylic acids is 2. The quantitative estimate of drug-likeness (QED) is 0.768. The molecule has 1 aromatic rings. The van der Waals surface area contributed by atoms with Crippen LogP contribution >= 0.6 is 0 Å². The highest BCUT2D eigenvalue weighted by atomic mass is 32.2. The Hall–Kier alpha value is -1.89. The zero-order valence-electron chi connectivity index (χ0n) is 16.1. The Morgan fingerprint density at radius 1 is 1.26 bits per heavy atom. The average molecular weight is 393 g/mol. The van der Waals surface area contributed by atoms with Crippen LogP contribution < -0.4 is 0 Å². The van der Waals surface area contributed by atoms with Crippen molar-refractivity contribution in [2.24, 2.45) is 0 Å². The highest BCUT2D eigenvalue weighted by Crippen LogP contribution is 2.33. The Balaban J connectivity index is 1.84. The van der Waals surface area contributed by atoms with E-state index in [4.69, 9.17) is 0 Å². The number of amides is 2. The molecule has 1 aromatic carbocycles. The lowest BCUT2D eigenvalue weighted by Gasteiger charge is -2.38. The summed E-state index contributed by atoms with van der Waals surface area (Å²) in [4.78, 5) is 28.8. The van der Waals surface area contributed by atoms with Gasteiger partial charge in [0, 0.05) is 26.1 Å². The van der Waals surface area contributed by atoms with Crippen LogP contribution in [0.2, 0.25) is 0 Å². The van der Waals surface area contributed by atoms with E-state index in [9.17, 15) is 18.0 Å². The van der Waals surface area contributed by atoms with Crippen LogP contribution in [0.3, 0.4) is 0 Å². The predicted octanol–water partition coefficient (Wildman–Crippen LogP) is 1.95. The predicted molar refractivity (Wildman–Crippen MR) is 104 cm³/mol. The van der Waals surface area contributed by atoms with Gasteiger partial charge in [-0.15, -0.1) is 0 Å². The van der Waals surface area contributed by atoms with Crippen LogP contribution in [-0.2, 0) is 25.8 Å². The third-order valence-corrected chi connectivity index (χ3v) is 7.37. The number of sulfone groups is 1. The molecule has 2 aliphatic heterocycles. The van der Waals surface area contributed by atoms with Crippen LogP contribution in [0.5, 0.6) is 0 Å². The van der Waals surface area contributed by atoms with Gasteiger partial charge in [-0.1, -0.05) is 31.2 Å². The van der Waals surface area contributed by atoms with E-state index >= 15 is 0 Å². The monoisotopic (exact) mass is 392 g/mol. The summed E-state index contributed by atoms with van der Waals surface area (Å²) in [5.74, 6) is 0.104. The van der Waals surface area contributed by atoms with Gasteiger partial charge in [-0.2, -0.15) is 0 Å². The molecule has 0 bridgehead atoms. The van der Waals surface area contributed by atoms with E-state index < -0.39 is 9.84 Å². The molecule has 0 N–H and O–H groups in total. The highest BCUT2D eigenvalue weighted by molar-refractivity contribution is 7.91. The summed E-state index contributed by atoms with van der Waals surface area (Å²) in [5.41, 5.74) is 2.21. The number of carbonyl (C=O) groups is 2. The van der Waals surface area contributed by atoms with Crippen LogP contribution in [0.15, 0.2) is 24.3 Å². The van der Waals surface area contributed by atoms with Gasteiger partial charge in [-0.05, 0) is 30.4 Å². The fourth-order valence-electron chi connectivity index (χ4n) is 4.30. The first-order chi connectivity index (χ1) is 12.8. The molecule has 2 aliphatic rings. The summed E-state index contributed by atoms with van der Waals surface area (Å²) < 4.78 is 23.8. The van der Waals surface area contributed by atoms with Gasteiger partial charge in [0.1, 0.15) is 0 Å². The Kier molecular flexibility index (Phi) is 5.89. The van der Waals surface area contributed by atoms with Crippen molar-refractivity contribution in [2.45, 2.75) is 51.6 Å². The molecule has 1 saturated heterocycles. The Morgan fingerprint density at radius 2 is 2.00 bits per heavy atom. The van der Waals surface area contributed by atoms with Crippen molar-refractivity contribution in [2.75, 3.05) is 24.6 Å². The Bertz CT molecular complexity index is 821. The first-order valence-corrected chi connectivity index (χ1v) is 11.5. The molecule has 6 nitrogen and oxygen atoms in total. The van der Waals surface area contributed by atoms with Gasteiger partial charge in [0.2, 0.25) is 11.8 Å². The van der Waals surface area contributed by atoms with Crippen LogP contribution in [0.4, 0.5) is 0 Å². The molecular formula is C20H28N2O4S. The maximum absolute atomic E-state index is 13.2. The summed E-state index contributed by atoms with van der Waals surface area (Å²) >= 11 is 0. The zero-order chi connectivity index (χ0) is 19.6. The standard InChI is InChI=1S/C20H28N2O4S/c1-3-10-22(17-9-12-27(25,26)14-17)20(24)13-19-18-7-5-4-6-16(18)8-11-21(19)15(2)23/h4-7,17,19H,3,8-14H2,1-2H3. The van der Waals surface area contributed by atoms with Crippen molar-refractivity contribution in [3.05, 3.63) is 35.4 Å². The van der Waals surface area contributed by atoms with Crippen molar-refractivity contribution in [3.63, 3.8) is 0 Å². The van der Waals surface area contributed by atoms with Crippen molar-refractivity contribution in [3.8, 4) is 0 Å². The number of nitrogens with zero attached hydrogens (tertiary/aromatic N) is 2. The number of hydrogen-bond donors (Lipinski definition) is 0. The molecule has 148 valence electrons. The maximum atomic E-state index is 13.2. The van der Waals surface area contributed by atoms with Crippen molar-refractivity contribution in [1.82, 2.24) is 9.80 Å². The SMILES string of the molecule is CCCN(C(=O)CC1c2ccccc2CCN1C(C)=O)C1CCS(=O)(=O)C1. The lowest BCUT2D eigenvalue weighted by Crippen LogP contribution is -2.45. The van der Waals surface area contributed by atoms with Crippen molar-refractivity contribution in [1.29, 1.82) is 0 Å². The Labute approximate surface area is 161 Å². The first-order valence-electron chi connectivity index (χ1n) is 9.67. The van der Waals surface area contributed by atoms with Crippen molar-refractivity contribution >= 4 is 21.7 Å². The molecule has 27 heavy (non-hydrogen) atoms. The topological polar surface area (TPSA) is 74.8 Å². The van der Waals surface area contributed by atoms with Gasteiger partial charge in [0.15, 0.2) is 9.84 Å². The van der Waals surface area contributed by atoms with E-state index in [1.807, 2.05) is 25.1 Å². The van der Waals surface area contributed by atoms with E-state index in [1.54, 1.807) is 16.7 Å². The smallest absolute Gasteiger partial charge is 0.225 e. The molecule has 1 fully saturated rings. The lowest BCUT2D eigenvalue weighted by atomic mass is 9.90. The molecule has 0 aliphatic carbocycles. The fourth-order valence-corrected chi connectivity index (χ4v) is 6.04. The molecule has 2 heterocycles. The first kappa shape index (κ1) is 19.9. The van der Waals surface area contributed by atoms with Crippen LogP contribution in [0, 0.1) is 0 Å². The maximum Gasteiger partial charge on any atom is 0.225 e. The number of hydrogen-bond acceptors (Lipinski definition) is 4. The summed E-state index contributed by atoms with van der Waals surface area (Å²) in [7, 11) is -3.06. The number of rotatable bonds is 5. The molecule has 0 aromatic heterocycles. The third-order valence-electron chi connectivity index (χ3n) is 5.62. The summed E-state index contributed by atoms with van der Waals surface area (Å²) in [6.07, 6.45) is 2.28. The molecule has 2 atom stereocenters. The van der Waals surface area contributed by atoms with E-state index in [1.165, 1.54) is 5.56 Å². The molecule has 3 rings (SSSR count). The van der Waals surface area contributed by atoms with E-state index in [0.717, 1.165) is 18.4 Å². The number of fused-ring (bicyclic) bond motifs is 1. The van der Waals surface area contributed by atoms with E-state index in [2.05, 4.69) is 6.07 Å². The van der Waals surface area contributed by atoms with Crippen LogP contribution in [0.25, 0.3) is 0 Å². The normalized spacial score (nSPS) is 23.7. The largest absolute Gasteiger partial charge is 0.339 e. The highest BCUT2D eigenvalue weighted by Gasteiger charge is 2.37. The van der Waals surface area contributed by atoms with Gasteiger partial charge in [0.25, 0.3) is 0 Å². The minimum Gasteiger partial charge on any atom is -0.339 e. The van der Waals surface area contributed by atoms with E-state index in [0.29, 0.717) is 19.5 Å². The molecular weight excluding hydrogens is 364 g/mol. The summed E-state index contributed by atoms with van der Waals surface area (Å²) in [6.45, 7) is 4.68. The minimum absolute atomic E-state index is 0.0345. The van der Waals surface area contributed by atoms with E-state index in [-0.39, 0.29) is 41.8 Å². The molecule has 0 saturated carbocycles. The van der Waals surface area contributed by atoms with Crippen LogP contribution in [0.1, 0.15) is 50.3 Å². The average Bonchev–Trinajstić information content (AvgIpc) is 2.99. The fraction of sp³-hybridized carbons (Fsp3) is 0.600. The van der Waals surface area contributed by atoms with Gasteiger partial charge in [-0.25, -0.2) is 8.42 Å². The molecule has 7 heteroatoms. The second-order valence-electron chi connectivity index (χ2n) is 7.53. The van der Waals surface area contributed by atoms with Crippen LogP contribution in [-0.4, -0.2) is 60.7 Å². The minimum atomic E-state index is -3.06. The second kappa shape index (κ2) is 8.00. The molecule has 0 spiro atoms. The van der Waals surface area contributed by atoms with Gasteiger partial charge in [0.05, 0.1) is 24.0 Å². The Morgan fingerprint density at radius 3 is 2.63 bits per heavy atom. The summed E-state index contributed by atoms with van der Waals surface area (Å²) in [6, 6.07) is 7.44. The van der Waals surface area contributed by atoms with Crippen molar-refractivity contribution < 1.29 is 18.0 Å². The van der Waals surface area contributed by atoms with Gasteiger partial charge < -0.3 is 9.80 Å². The second-order valence-corrected chi connectivity index (χ2v) is 9.75. The molecule has 2 amide bonds. The summed E-state index contributed by atoms with van der Waals surface area (Å²) in [5, 5.41) is 0. The van der Waals surface area contributed by atoms with Gasteiger partial charge in [-0.3, -0.25) is 9.59 Å². The molecule has 0 radical (unpaired) electrons. The lowest BCUT2D eigenvalue weighted by molar-refractivity contribution is -0.137.